The number of alkyl halides is 1. The Morgan fingerprint density at radius 2 is 1.75 bits per heavy atom. The van der Waals surface area contributed by atoms with Crippen molar-refractivity contribution >= 4 is 15.9 Å². The molecule has 0 atom stereocenters. The molecule has 0 aliphatic heterocycles. The minimum absolute atomic E-state index is 0.731. The number of hydrogen-bond donors (Lipinski definition) is 1. The van der Waals surface area contributed by atoms with Crippen LogP contribution in [-0.4, -0.2) is 5.11 Å². The second-order valence-corrected chi connectivity index (χ2v) is 3.95. The Morgan fingerprint density at radius 1 is 1.25 bits per heavy atom. The molecule has 0 amide bonds. The summed E-state index contributed by atoms with van der Waals surface area (Å²) >= 11 is 3.37. The molecule has 0 saturated carbocycles. The van der Waals surface area contributed by atoms with Crippen molar-refractivity contribution in [2.24, 2.45) is 0 Å². The summed E-state index contributed by atoms with van der Waals surface area (Å²) < 4.78 is 0. The molecule has 0 aliphatic carbocycles. The molecule has 12 heavy (non-hydrogen) atoms. The van der Waals surface area contributed by atoms with Crippen LogP contribution in [0.2, 0.25) is 0 Å². The summed E-state index contributed by atoms with van der Waals surface area (Å²) in [5.41, 5.74) is 1.44. The van der Waals surface area contributed by atoms with Crippen molar-refractivity contribution in [3.63, 3.8) is 0 Å². The third-order valence-electron chi connectivity index (χ3n) is 1.81. The zero-order chi connectivity index (χ0) is 9.19. The molecule has 66 valence electrons. The Balaban J connectivity index is 2.93. The van der Waals surface area contributed by atoms with Gasteiger partial charge in [0.25, 0.3) is 0 Å². The van der Waals surface area contributed by atoms with Crippen molar-refractivity contribution in [1.82, 2.24) is 0 Å². The van der Waals surface area contributed by atoms with Crippen LogP contribution in [-0.2, 0) is 10.9 Å². The summed E-state index contributed by atoms with van der Waals surface area (Å²) in [5.74, 6) is 0. The van der Waals surface area contributed by atoms with E-state index in [4.69, 9.17) is 0 Å². The largest absolute Gasteiger partial charge is 0.386 e. The first-order valence-corrected chi connectivity index (χ1v) is 5.04. The van der Waals surface area contributed by atoms with E-state index in [-0.39, 0.29) is 0 Å². The molecule has 1 rings (SSSR count). The highest BCUT2D eigenvalue weighted by Gasteiger charge is 2.14. The Bertz CT molecular complexity index is 246. The van der Waals surface area contributed by atoms with Crippen molar-refractivity contribution in [2.45, 2.75) is 24.8 Å². The predicted molar refractivity (Wildman–Crippen MR) is 54.3 cm³/mol. The molecule has 0 radical (unpaired) electrons. The van der Waals surface area contributed by atoms with Crippen LogP contribution < -0.4 is 0 Å². The average molecular weight is 229 g/mol. The molecule has 1 aromatic carbocycles. The first-order chi connectivity index (χ1) is 5.54. The van der Waals surface area contributed by atoms with Gasteiger partial charge in [0, 0.05) is 5.33 Å². The molecule has 0 aliphatic rings. The molecule has 2 heteroatoms. The first-order valence-electron chi connectivity index (χ1n) is 3.92. The Labute approximate surface area is 81.6 Å². The van der Waals surface area contributed by atoms with Crippen LogP contribution in [0, 0.1) is 0 Å². The van der Waals surface area contributed by atoms with Gasteiger partial charge in [0.2, 0.25) is 0 Å². The number of benzene rings is 1. The molecule has 0 spiro atoms. The summed E-state index contributed by atoms with van der Waals surface area (Å²) in [5, 5.41) is 10.5. The fraction of sp³-hybridized carbons (Fsp3) is 0.400. The minimum atomic E-state index is -0.731. The van der Waals surface area contributed by atoms with E-state index in [0.717, 1.165) is 10.9 Å². The first kappa shape index (κ1) is 9.75. The van der Waals surface area contributed by atoms with Crippen molar-refractivity contribution < 1.29 is 5.11 Å². The van der Waals surface area contributed by atoms with E-state index < -0.39 is 5.60 Å². The number of rotatable bonds is 2. The van der Waals surface area contributed by atoms with Crippen molar-refractivity contribution in [1.29, 1.82) is 0 Å². The maximum atomic E-state index is 9.64. The number of hydrogen-bond acceptors (Lipinski definition) is 1. The second kappa shape index (κ2) is 3.58. The second-order valence-electron chi connectivity index (χ2n) is 3.39. The van der Waals surface area contributed by atoms with E-state index in [1.807, 2.05) is 24.3 Å². The molecule has 0 aromatic heterocycles. The standard InChI is InChI=1S/C10H13BrO/c1-10(2,12)9-5-3-8(7-11)4-6-9/h3-6,12H,7H2,1-2H3. The molecule has 0 saturated heterocycles. The van der Waals surface area contributed by atoms with Crippen molar-refractivity contribution in [2.75, 3.05) is 0 Å². The smallest absolute Gasteiger partial charge is 0.0840 e. The fourth-order valence-corrected chi connectivity index (χ4v) is 1.38. The molecule has 0 heterocycles. The zero-order valence-electron chi connectivity index (χ0n) is 7.34. The van der Waals surface area contributed by atoms with Gasteiger partial charge in [-0.05, 0) is 25.0 Å². The normalized spacial score (nSPS) is 11.7. The van der Waals surface area contributed by atoms with E-state index in [1.54, 1.807) is 13.8 Å². The van der Waals surface area contributed by atoms with E-state index in [2.05, 4.69) is 15.9 Å². The molecular weight excluding hydrogens is 216 g/mol. The molecule has 1 N–H and O–H groups in total. The lowest BCUT2D eigenvalue weighted by Gasteiger charge is -2.17. The molecular formula is C10H13BrO. The predicted octanol–water partition coefficient (Wildman–Crippen LogP) is 2.81. The van der Waals surface area contributed by atoms with Gasteiger partial charge in [-0.15, -0.1) is 0 Å². The summed E-state index contributed by atoms with van der Waals surface area (Å²) in [7, 11) is 0. The van der Waals surface area contributed by atoms with Gasteiger partial charge in [-0.3, -0.25) is 0 Å². The number of aliphatic hydroxyl groups is 1. The monoisotopic (exact) mass is 228 g/mol. The topological polar surface area (TPSA) is 20.2 Å². The molecule has 1 nitrogen and oxygen atoms in total. The zero-order valence-corrected chi connectivity index (χ0v) is 8.93. The van der Waals surface area contributed by atoms with E-state index in [1.165, 1.54) is 5.56 Å². The van der Waals surface area contributed by atoms with Crippen LogP contribution in [0.5, 0.6) is 0 Å². The Kier molecular flexibility index (Phi) is 2.91. The Morgan fingerprint density at radius 3 is 2.08 bits per heavy atom. The summed E-state index contributed by atoms with van der Waals surface area (Å²) in [6.07, 6.45) is 0. The van der Waals surface area contributed by atoms with Gasteiger partial charge >= 0.3 is 0 Å². The maximum Gasteiger partial charge on any atom is 0.0840 e. The lowest BCUT2D eigenvalue weighted by molar-refractivity contribution is 0.0786. The summed E-state index contributed by atoms with van der Waals surface area (Å²) in [6.45, 7) is 3.58. The number of halogens is 1. The van der Waals surface area contributed by atoms with Crippen LogP contribution in [0.1, 0.15) is 25.0 Å². The lowest BCUT2D eigenvalue weighted by atomic mass is 9.98. The van der Waals surface area contributed by atoms with Crippen LogP contribution in [0.3, 0.4) is 0 Å². The van der Waals surface area contributed by atoms with Crippen LogP contribution in [0.25, 0.3) is 0 Å². The Hall–Kier alpha value is -0.340. The van der Waals surface area contributed by atoms with Gasteiger partial charge in [0.05, 0.1) is 5.60 Å². The lowest BCUT2D eigenvalue weighted by Crippen LogP contribution is -2.14. The van der Waals surface area contributed by atoms with Crippen molar-refractivity contribution in [3.8, 4) is 0 Å². The van der Waals surface area contributed by atoms with Gasteiger partial charge in [0.15, 0.2) is 0 Å². The molecule has 1 aromatic rings. The molecule has 0 fully saturated rings. The van der Waals surface area contributed by atoms with Gasteiger partial charge in [-0.25, -0.2) is 0 Å². The molecule has 0 bridgehead atoms. The summed E-state index contributed by atoms with van der Waals surface area (Å²) in [4.78, 5) is 0. The average Bonchev–Trinajstić information content (AvgIpc) is 2.03. The highest BCUT2D eigenvalue weighted by molar-refractivity contribution is 9.08. The SMILES string of the molecule is CC(C)(O)c1ccc(CBr)cc1. The molecule has 0 unspecified atom stereocenters. The van der Waals surface area contributed by atoms with Gasteiger partial charge in [-0.2, -0.15) is 0 Å². The van der Waals surface area contributed by atoms with E-state index in [9.17, 15) is 5.11 Å². The van der Waals surface area contributed by atoms with Crippen LogP contribution >= 0.6 is 15.9 Å². The van der Waals surface area contributed by atoms with Crippen molar-refractivity contribution in [3.05, 3.63) is 35.4 Å². The third-order valence-corrected chi connectivity index (χ3v) is 2.46. The quantitative estimate of drug-likeness (QED) is 0.773. The van der Waals surface area contributed by atoms with Gasteiger partial charge in [-0.1, -0.05) is 40.2 Å². The minimum Gasteiger partial charge on any atom is -0.386 e. The third kappa shape index (κ3) is 2.32. The van der Waals surface area contributed by atoms with Gasteiger partial charge in [0.1, 0.15) is 0 Å². The van der Waals surface area contributed by atoms with E-state index in [0.29, 0.717) is 0 Å². The van der Waals surface area contributed by atoms with Crippen LogP contribution in [0.4, 0.5) is 0 Å². The fourth-order valence-electron chi connectivity index (χ4n) is 1.00. The summed E-state index contributed by atoms with van der Waals surface area (Å²) in [6, 6.07) is 7.94. The maximum absolute atomic E-state index is 9.64. The highest BCUT2D eigenvalue weighted by Crippen LogP contribution is 2.20. The van der Waals surface area contributed by atoms with E-state index >= 15 is 0 Å². The van der Waals surface area contributed by atoms with Gasteiger partial charge < -0.3 is 5.11 Å². The van der Waals surface area contributed by atoms with Crippen LogP contribution in [0.15, 0.2) is 24.3 Å². The highest BCUT2D eigenvalue weighted by atomic mass is 79.9.